The highest BCUT2D eigenvalue weighted by atomic mass is 35.5. The second-order valence-corrected chi connectivity index (χ2v) is 7.72. The minimum absolute atomic E-state index is 0.182. The van der Waals surface area contributed by atoms with E-state index in [9.17, 15) is 4.79 Å². The Morgan fingerprint density at radius 2 is 1.96 bits per heavy atom. The summed E-state index contributed by atoms with van der Waals surface area (Å²) in [5.74, 6) is 0.967. The number of amides is 1. The average molecular weight is 392 g/mol. The van der Waals surface area contributed by atoms with Gasteiger partial charge in [-0.15, -0.1) is 10.2 Å². The highest BCUT2D eigenvalue weighted by Crippen LogP contribution is 2.36. The molecule has 0 aliphatic heterocycles. The first kappa shape index (κ1) is 18.2. The molecule has 23 heavy (non-hydrogen) atoms. The van der Waals surface area contributed by atoms with E-state index in [1.54, 1.807) is 12.1 Å². The Balaban J connectivity index is 2.01. The fourth-order valence-corrected chi connectivity index (χ4v) is 4.08. The fourth-order valence-electron chi connectivity index (χ4n) is 1.61. The van der Waals surface area contributed by atoms with Gasteiger partial charge in [0.1, 0.15) is 11.5 Å². The van der Waals surface area contributed by atoms with Crippen LogP contribution in [0.5, 0.6) is 11.5 Å². The summed E-state index contributed by atoms with van der Waals surface area (Å²) in [6, 6.07) is 3.22. The lowest BCUT2D eigenvalue weighted by Gasteiger charge is -2.12. The first-order valence-electron chi connectivity index (χ1n) is 6.29. The van der Waals surface area contributed by atoms with Crippen molar-refractivity contribution in [2.24, 2.45) is 0 Å². The Labute approximate surface area is 151 Å². The van der Waals surface area contributed by atoms with Gasteiger partial charge in [0.2, 0.25) is 5.91 Å². The van der Waals surface area contributed by atoms with Crippen LogP contribution in [0, 0.1) is 0 Å². The lowest BCUT2D eigenvalue weighted by Crippen LogP contribution is -2.14. The molecule has 0 unspecified atom stereocenters. The number of carbonyl (C=O) groups excluding carboxylic acids is 1. The largest absolute Gasteiger partial charge is 0.495 e. The predicted molar refractivity (Wildman–Crippen MR) is 95.6 cm³/mol. The number of hydrogen-bond donors (Lipinski definition) is 1. The molecule has 0 saturated carbocycles. The van der Waals surface area contributed by atoms with Crippen LogP contribution in [0.3, 0.4) is 0 Å². The van der Waals surface area contributed by atoms with Crippen LogP contribution in [-0.2, 0) is 4.79 Å². The summed E-state index contributed by atoms with van der Waals surface area (Å²) in [6.45, 7) is 0. The number of rotatable bonds is 7. The number of halogens is 1. The van der Waals surface area contributed by atoms with Crippen LogP contribution in [0.25, 0.3) is 0 Å². The number of benzene rings is 1. The van der Waals surface area contributed by atoms with E-state index in [1.165, 1.54) is 49.1 Å². The third-order valence-corrected chi connectivity index (χ3v) is 5.96. The summed E-state index contributed by atoms with van der Waals surface area (Å²) in [7, 11) is 3.02. The van der Waals surface area contributed by atoms with Crippen molar-refractivity contribution in [1.29, 1.82) is 0 Å². The van der Waals surface area contributed by atoms with Crippen molar-refractivity contribution >= 4 is 58.1 Å². The SMILES string of the molecule is COc1cc(NC(=O)CSc2nnc(SC)s2)c(OC)cc1Cl. The molecule has 0 aliphatic rings. The number of methoxy groups -OCH3 is 2. The van der Waals surface area contributed by atoms with Gasteiger partial charge in [-0.1, -0.05) is 46.5 Å². The van der Waals surface area contributed by atoms with Crippen molar-refractivity contribution in [3.05, 3.63) is 17.2 Å². The summed E-state index contributed by atoms with van der Waals surface area (Å²) in [6.07, 6.45) is 1.93. The fraction of sp³-hybridized carbons (Fsp3) is 0.308. The Morgan fingerprint density at radius 3 is 2.57 bits per heavy atom. The number of anilines is 1. The molecule has 1 aromatic carbocycles. The molecule has 1 amide bonds. The van der Waals surface area contributed by atoms with E-state index in [0.29, 0.717) is 22.2 Å². The van der Waals surface area contributed by atoms with Gasteiger partial charge in [-0.25, -0.2) is 0 Å². The Bertz CT molecular complexity index is 696. The summed E-state index contributed by atoms with van der Waals surface area (Å²) < 4.78 is 12.0. The minimum atomic E-state index is -0.182. The highest BCUT2D eigenvalue weighted by Gasteiger charge is 2.13. The summed E-state index contributed by atoms with van der Waals surface area (Å²) >= 11 is 10.4. The second-order valence-electron chi connectivity index (χ2n) is 4.06. The van der Waals surface area contributed by atoms with Gasteiger partial charge in [-0.2, -0.15) is 0 Å². The molecule has 1 N–H and O–H groups in total. The molecule has 124 valence electrons. The van der Waals surface area contributed by atoms with Gasteiger partial charge < -0.3 is 14.8 Å². The van der Waals surface area contributed by atoms with Crippen molar-refractivity contribution in [2.75, 3.05) is 31.5 Å². The van der Waals surface area contributed by atoms with Gasteiger partial charge in [0.25, 0.3) is 0 Å². The lowest BCUT2D eigenvalue weighted by atomic mass is 10.2. The number of thioether (sulfide) groups is 2. The topological polar surface area (TPSA) is 73.3 Å². The maximum atomic E-state index is 12.1. The van der Waals surface area contributed by atoms with E-state index in [2.05, 4.69) is 15.5 Å². The van der Waals surface area contributed by atoms with E-state index in [1.807, 2.05) is 6.26 Å². The molecule has 0 aliphatic carbocycles. The van der Waals surface area contributed by atoms with Crippen LogP contribution in [0.2, 0.25) is 5.02 Å². The molecule has 6 nitrogen and oxygen atoms in total. The molecule has 2 rings (SSSR count). The molecule has 0 spiro atoms. The van der Waals surface area contributed by atoms with Crippen molar-refractivity contribution in [3.63, 3.8) is 0 Å². The average Bonchev–Trinajstić information content (AvgIpc) is 3.02. The van der Waals surface area contributed by atoms with Crippen LogP contribution in [-0.4, -0.2) is 42.3 Å². The zero-order valence-corrected chi connectivity index (χ0v) is 15.8. The maximum Gasteiger partial charge on any atom is 0.234 e. The predicted octanol–water partition coefficient (Wildman–Crippen LogP) is 3.66. The van der Waals surface area contributed by atoms with Gasteiger partial charge in [-0.05, 0) is 6.26 Å². The van der Waals surface area contributed by atoms with Crippen molar-refractivity contribution < 1.29 is 14.3 Å². The number of ether oxygens (including phenoxy) is 2. The highest BCUT2D eigenvalue weighted by molar-refractivity contribution is 8.03. The molecular formula is C13H14ClN3O3S3. The third kappa shape index (κ3) is 4.90. The van der Waals surface area contributed by atoms with Crippen LogP contribution in [0.1, 0.15) is 0 Å². The molecule has 10 heteroatoms. The van der Waals surface area contributed by atoms with E-state index in [-0.39, 0.29) is 11.7 Å². The standard InChI is InChI=1S/C13H14ClN3O3S3/c1-19-9-5-8(10(20-2)4-7(9)14)15-11(18)6-22-13-17-16-12(21-3)23-13/h4-5H,6H2,1-3H3,(H,15,18). The van der Waals surface area contributed by atoms with Gasteiger partial charge >= 0.3 is 0 Å². The van der Waals surface area contributed by atoms with Crippen LogP contribution < -0.4 is 14.8 Å². The normalized spacial score (nSPS) is 10.4. The number of hydrogen-bond acceptors (Lipinski definition) is 8. The monoisotopic (exact) mass is 391 g/mol. The van der Waals surface area contributed by atoms with Crippen molar-refractivity contribution in [2.45, 2.75) is 8.68 Å². The first-order valence-corrected chi connectivity index (χ1v) is 9.69. The first-order chi connectivity index (χ1) is 11.1. The molecular weight excluding hydrogens is 378 g/mol. The van der Waals surface area contributed by atoms with Crippen LogP contribution in [0.4, 0.5) is 5.69 Å². The minimum Gasteiger partial charge on any atom is -0.495 e. The number of carbonyl (C=O) groups is 1. The molecule has 1 heterocycles. The summed E-state index contributed by atoms with van der Waals surface area (Å²) in [5, 5.41) is 11.2. The number of aromatic nitrogens is 2. The molecule has 0 fully saturated rings. The van der Waals surface area contributed by atoms with Crippen molar-refractivity contribution in [3.8, 4) is 11.5 Å². The van der Waals surface area contributed by atoms with Gasteiger partial charge in [0.15, 0.2) is 8.68 Å². The number of nitrogens with zero attached hydrogens (tertiary/aromatic N) is 2. The Hall–Kier alpha value is -1.16. The zero-order valence-electron chi connectivity index (χ0n) is 12.6. The molecule has 0 saturated heterocycles. The maximum absolute atomic E-state index is 12.1. The second kappa shape index (κ2) is 8.62. The molecule has 1 aromatic heterocycles. The van der Waals surface area contributed by atoms with E-state index in [0.717, 1.165) is 8.68 Å². The molecule has 0 atom stereocenters. The smallest absolute Gasteiger partial charge is 0.234 e. The van der Waals surface area contributed by atoms with Crippen LogP contribution in [0.15, 0.2) is 20.8 Å². The zero-order chi connectivity index (χ0) is 16.8. The Kier molecular flexibility index (Phi) is 6.82. The van der Waals surface area contributed by atoms with Crippen LogP contribution >= 0.6 is 46.5 Å². The van der Waals surface area contributed by atoms with E-state index in [4.69, 9.17) is 21.1 Å². The van der Waals surface area contributed by atoms with E-state index < -0.39 is 0 Å². The van der Waals surface area contributed by atoms with Gasteiger partial charge in [0, 0.05) is 12.1 Å². The van der Waals surface area contributed by atoms with Gasteiger partial charge in [0.05, 0.1) is 30.7 Å². The molecule has 0 radical (unpaired) electrons. The molecule has 0 bridgehead atoms. The molecule has 2 aromatic rings. The quantitative estimate of drug-likeness (QED) is 0.722. The Morgan fingerprint density at radius 1 is 1.26 bits per heavy atom. The van der Waals surface area contributed by atoms with Gasteiger partial charge in [-0.3, -0.25) is 4.79 Å². The van der Waals surface area contributed by atoms with E-state index >= 15 is 0 Å². The third-order valence-electron chi connectivity index (χ3n) is 2.64. The lowest BCUT2D eigenvalue weighted by molar-refractivity contribution is -0.113. The van der Waals surface area contributed by atoms with Crippen molar-refractivity contribution in [1.82, 2.24) is 10.2 Å². The summed E-state index contributed by atoms with van der Waals surface area (Å²) in [4.78, 5) is 12.1. The summed E-state index contributed by atoms with van der Waals surface area (Å²) in [5.41, 5.74) is 0.501. The number of nitrogens with one attached hydrogen (secondary N) is 1.